The van der Waals surface area contributed by atoms with E-state index in [1.54, 1.807) is 66.7 Å². The zero-order valence-electron chi connectivity index (χ0n) is 20.1. The Labute approximate surface area is 222 Å². The highest BCUT2D eigenvalue weighted by Crippen LogP contribution is 2.45. The molecule has 0 bridgehead atoms. The molecule has 1 atom stereocenters. The molecule has 1 amide bonds. The van der Waals surface area contributed by atoms with Gasteiger partial charge in [-0.3, -0.25) is 14.5 Å². The number of carbonyl (C=O) groups is 2. The first-order chi connectivity index (χ1) is 17.9. The van der Waals surface area contributed by atoms with Crippen LogP contribution >= 0.6 is 22.9 Å². The number of fused-ring (bicyclic) bond motifs is 1. The van der Waals surface area contributed by atoms with Crippen LogP contribution in [0.25, 0.3) is 16.0 Å². The molecule has 1 saturated heterocycles. The third kappa shape index (κ3) is 4.65. The van der Waals surface area contributed by atoms with Gasteiger partial charge in [0.05, 0.1) is 35.0 Å². The first-order valence-electron chi connectivity index (χ1n) is 11.7. The lowest BCUT2D eigenvalue weighted by Crippen LogP contribution is -2.29. The van der Waals surface area contributed by atoms with Crippen molar-refractivity contribution in [3.8, 4) is 11.5 Å². The molecule has 0 aliphatic carbocycles. The van der Waals surface area contributed by atoms with Crippen LogP contribution in [0, 0.1) is 0 Å². The molecule has 1 aliphatic rings. The fraction of sp³-hybridized carbons (Fsp3) is 0.179. The smallest absolute Gasteiger partial charge is 0.301 e. The maximum Gasteiger partial charge on any atom is 0.301 e. The molecule has 2 heterocycles. The van der Waals surface area contributed by atoms with E-state index in [1.165, 1.54) is 16.2 Å². The number of aliphatic hydroxyl groups excluding tert-OH is 1. The van der Waals surface area contributed by atoms with Gasteiger partial charge in [-0.15, -0.1) is 0 Å². The van der Waals surface area contributed by atoms with E-state index >= 15 is 0 Å². The van der Waals surface area contributed by atoms with E-state index in [9.17, 15) is 14.7 Å². The number of aromatic nitrogens is 1. The number of aliphatic hydroxyl groups is 1. The molecular formula is C28H23ClN2O5S. The Bertz CT molecular complexity index is 1530. The molecule has 0 radical (unpaired) electrons. The fourth-order valence-corrected chi connectivity index (χ4v) is 5.57. The van der Waals surface area contributed by atoms with Crippen LogP contribution < -0.4 is 14.4 Å². The number of rotatable bonds is 7. The Morgan fingerprint density at radius 2 is 1.73 bits per heavy atom. The molecule has 4 aromatic rings. The maximum absolute atomic E-state index is 13.4. The van der Waals surface area contributed by atoms with Crippen molar-refractivity contribution >= 4 is 55.7 Å². The fourth-order valence-electron chi connectivity index (χ4n) is 4.30. The number of ketones is 1. The highest BCUT2D eigenvalue weighted by atomic mass is 35.5. The summed E-state index contributed by atoms with van der Waals surface area (Å²) in [4.78, 5) is 32.8. The van der Waals surface area contributed by atoms with Crippen molar-refractivity contribution in [3.05, 3.63) is 88.5 Å². The SMILES string of the molecule is CCOc1ccc(C2/C(=C(\O)c3cccc(OCC)c3)C(=O)C(=O)N2c2nc3ccc(Cl)cc3s2)cc1. The van der Waals surface area contributed by atoms with E-state index in [2.05, 4.69) is 4.98 Å². The van der Waals surface area contributed by atoms with Gasteiger partial charge in [0.15, 0.2) is 5.13 Å². The number of Topliss-reactive ketones (excluding diaryl/α,β-unsaturated/α-hetero) is 1. The van der Waals surface area contributed by atoms with Crippen LogP contribution in [0.15, 0.2) is 72.3 Å². The number of ether oxygens (including phenoxy) is 2. The summed E-state index contributed by atoms with van der Waals surface area (Å²) in [5.74, 6) is -0.656. The standard InChI is InChI=1S/C28H23ClN2O5S/c1-3-35-19-11-8-16(9-12-19)24-23(25(32)17-6-5-7-20(14-17)36-4-2)26(33)27(34)31(24)28-30-21-13-10-18(29)15-22(21)37-28/h5-15,24,32H,3-4H2,1-2H3/b25-23+. The summed E-state index contributed by atoms with van der Waals surface area (Å²) in [5.41, 5.74) is 1.62. The largest absolute Gasteiger partial charge is 0.507 e. The molecule has 7 nitrogen and oxygen atoms in total. The van der Waals surface area contributed by atoms with Gasteiger partial charge < -0.3 is 14.6 Å². The van der Waals surface area contributed by atoms with Crippen LogP contribution in [0.4, 0.5) is 5.13 Å². The predicted molar refractivity (Wildman–Crippen MR) is 145 cm³/mol. The summed E-state index contributed by atoms with van der Waals surface area (Å²) in [7, 11) is 0. The van der Waals surface area contributed by atoms with Crippen molar-refractivity contribution in [1.82, 2.24) is 4.98 Å². The topological polar surface area (TPSA) is 89.0 Å². The minimum Gasteiger partial charge on any atom is -0.507 e. The summed E-state index contributed by atoms with van der Waals surface area (Å²) < 4.78 is 11.9. The molecule has 3 aromatic carbocycles. The number of hydrogen-bond acceptors (Lipinski definition) is 7. The number of thiazole rings is 1. The van der Waals surface area contributed by atoms with Crippen molar-refractivity contribution in [1.29, 1.82) is 0 Å². The Kier molecular flexibility index (Phi) is 6.86. The Balaban J connectivity index is 1.69. The maximum atomic E-state index is 13.4. The Morgan fingerprint density at radius 1 is 1.00 bits per heavy atom. The van der Waals surface area contributed by atoms with E-state index in [4.69, 9.17) is 21.1 Å². The van der Waals surface area contributed by atoms with Crippen molar-refractivity contribution in [2.24, 2.45) is 0 Å². The highest BCUT2D eigenvalue weighted by Gasteiger charge is 2.48. The van der Waals surface area contributed by atoms with Gasteiger partial charge in [0.2, 0.25) is 0 Å². The van der Waals surface area contributed by atoms with Crippen molar-refractivity contribution in [3.63, 3.8) is 0 Å². The van der Waals surface area contributed by atoms with E-state index in [0.29, 0.717) is 51.5 Å². The van der Waals surface area contributed by atoms with Crippen LogP contribution in [-0.4, -0.2) is 35.0 Å². The van der Waals surface area contributed by atoms with E-state index in [1.807, 2.05) is 13.8 Å². The summed E-state index contributed by atoms with van der Waals surface area (Å²) in [6, 6.07) is 18.2. The number of amides is 1. The average Bonchev–Trinajstić information content (AvgIpc) is 3.42. The third-order valence-electron chi connectivity index (χ3n) is 5.92. The number of hydrogen-bond donors (Lipinski definition) is 1. The first-order valence-corrected chi connectivity index (χ1v) is 12.9. The summed E-state index contributed by atoms with van der Waals surface area (Å²) in [6.45, 7) is 4.69. The third-order valence-corrected chi connectivity index (χ3v) is 7.17. The quantitative estimate of drug-likeness (QED) is 0.168. The zero-order valence-corrected chi connectivity index (χ0v) is 21.7. The zero-order chi connectivity index (χ0) is 26.1. The predicted octanol–water partition coefficient (Wildman–Crippen LogP) is 6.37. The molecule has 37 heavy (non-hydrogen) atoms. The lowest BCUT2D eigenvalue weighted by atomic mass is 9.95. The molecule has 1 fully saturated rings. The second kappa shape index (κ2) is 10.2. The van der Waals surface area contributed by atoms with Gasteiger partial charge in [0.25, 0.3) is 5.78 Å². The second-order valence-electron chi connectivity index (χ2n) is 8.24. The normalized spacial score (nSPS) is 16.9. The van der Waals surface area contributed by atoms with Crippen LogP contribution in [0.3, 0.4) is 0 Å². The van der Waals surface area contributed by atoms with Crippen LogP contribution in [-0.2, 0) is 9.59 Å². The molecule has 1 unspecified atom stereocenters. The average molecular weight is 535 g/mol. The second-order valence-corrected chi connectivity index (χ2v) is 9.69. The van der Waals surface area contributed by atoms with Gasteiger partial charge in [-0.2, -0.15) is 0 Å². The molecule has 1 aromatic heterocycles. The first kappa shape index (κ1) is 24.8. The number of carbonyl (C=O) groups excluding carboxylic acids is 2. The van der Waals surface area contributed by atoms with Crippen LogP contribution in [0.2, 0.25) is 5.02 Å². The lowest BCUT2D eigenvalue weighted by Gasteiger charge is -2.23. The minimum atomic E-state index is -0.900. The molecule has 5 rings (SSSR count). The van der Waals surface area contributed by atoms with E-state index < -0.39 is 17.7 Å². The van der Waals surface area contributed by atoms with Gasteiger partial charge in [-0.05, 0) is 61.9 Å². The minimum absolute atomic E-state index is 0.0277. The van der Waals surface area contributed by atoms with Gasteiger partial charge >= 0.3 is 5.91 Å². The van der Waals surface area contributed by atoms with Crippen LogP contribution in [0.1, 0.15) is 31.0 Å². The molecule has 1 aliphatic heterocycles. The molecule has 188 valence electrons. The summed E-state index contributed by atoms with van der Waals surface area (Å²) in [6.07, 6.45) is 0. The monoisotopic (exact) mass is 534 g/mol. The Hall–Kier alpha value is -3.88. The summed E-state index contributed by atoms with van der Waals surface area (Å²) >= 11 is 7.41. The van der Waals surface area contributed by atoms with Gasteiger partial charge in [0, 0.05) is 10.6 Å². The van der Waals surface area contributed by atoms with Crippen molar-refractivity contribution in [2.75, 3.05) is 18.1 Å². The molecule has 0 saturated carbocycles. The van der Waals surface area contributed by atoms with Gasteiger partial charge in [-0.1, -0.05) is 47.2 Å². The van der Waals surface area contributed by atoms with E-state index in [0.717, 1.165) is 4.70 Å². The van der Waals surface area contributed by atoms with Gasteiger partial charge in [0.1, 0.15) is 17.3 Å². The molecule has 1 N–H and O–H groups in total. The summed E-state index contributed by atoms with van der Waals surface area (Å²) in [5, 5.41) is 12.3. The molecule has 0 spiro atoms. The van der Waals surface area contributed by atoms with E-state index in [-0.39, 0.29) is 11.3 Å². The number of benzene rings is 3. The van der Waals surface area contributed by atoms with Crippen LogP contribution in [0.5, 0.6) is 11.5 Å². The number of anilines is 1. The van der Waals surface area contributed by atoms with Gasteiger partial charge in [-0.25, -0.2) is 4.98 Å². The number of nitrogens with zero attached hydrogens (tertiary/aromatic N) is 2. The highest BCUT2D eigenvalue weighted by molar-refractivity contribution is 7.22. The molecular weight excluding hydrogens is 512 g/mol. The van der Waals surface area contributed by atoms with Crippen molar-refractivity contribution < 1.29 is 24.2 Å². The molecule has 9 heteroatoms. The number of halogens is 1. The lowest BCUT2D eigenvalue weighted by molar-refractivity contribution is -0.132. The Morgan fingerprint density at radius 3 is 2.46 bits per heavy atom. The van der Waals surface area contributed by atoms with Crippen molar-refractivity contribution in [2.45, 2.75) is 19.9 Å².